The van der Waals surface area contributed by atoms with Gasteiger partial charge in [-0.05, 0) is 41.5 Å². The van der Waals surface area contributed by atoms with Gasteiger partial charge in [0.2, 0.25) is 0 Å². The van der Waals surface area contributed by atoms with Crippen molar-refractivity contribution < 1.29 is 25.3 Å². The van der Waals surface area contributed by atoms with Gasteiger partial charge >= 0.3 is 6.03 Å². The average molecular weight is 577 g/mol. The number of rotatable bonds is 10. The van der Waals surface area contributed by atoms with Crippen molar-refractivity contribution in [1.82, 2.24) is 14.9 Å². The molecule has 1 aliphatic rings. The van der Waals surface area contributed by atoms with Gasteiger partial charge < -0.3 is 10.5 Å². The molecule has 0 bridgehead atoms. The minimum atomic E-state index is -0.694. The quantitative estimate of drug-likeness (QED) is 0.193. The van der Waals surface area contributed by atoms with Crippen LogP contribution < -0.4 is 16.2 Å². The number of hydrogen-bond donors (Lipinski definition) is 3. The molecule has 4 rings (SSSR count). The summed E-state index contributed by atoms with van der Waals surface area (Å²) in [5.74, 6) is 5.57. The van der Waals surface area contributed by atoms with Crippen molar-refractivity contribution in [2.75, 3.05) is 45.9 Å². The van der Waals surface area contributed by atoms with Gasteiger partial charge in [-0.3, -0.25) is 25.5 Å². The molecule has 3 aromatic carbocycles. The van der Waals surface area contributed by atoms with Gasteiger partial charge in [0, 0.05) is 49.7 Å². The molecule has 0 aliphatic carbocycles. The van der Waals surface area contributed by atoms with Gasteiger partial charge in [0.15, 0.2) is 0 Å². The summed E-state index contributed by atoms with van der Waals surface area (Å²) in [5.41, 5.74) is 12.0. The topological polar surface area (TPSA) is 127 Å². The largest absolute Gasteiger partial charge is 0.491 e. The number of hydrogen-bond acceptors (Lipinski definition) is 6. The van der Waals surface area contributed by atoms with Crippen LogP contribution in [0.1, 0.15) is 39.5 Å². The summed E-state index contributed by atoms with van der Waals surface area (Å²) in [4.78, 5) is 27.9. The number of benzene rings is 3. The molecular formula is C31H35ClN5O4+. The Bertz CT molecular complexity index is 1380. The van der Waals surface area contributed by atoms with Crippen LogP contribution in [0, 0.1) is 11.8 Å². The molecule has 1 fully saturated rings. The maximum Gasteiger partial charge on any atom is 0.437 e. The zero-order valence-corrected chi connectivity index (χ0v) is 23.6. The Morgan fingerprint density at radius 3 is 2.37 bits per heavy atom. The minimum Gasteiger partial charge on any atom is -0.491 e. The van der Waals surface area contributed by atoms with Gasteiger partial charge in [-0.15, -0.1) is 0 Å². The summed E-state index contributed by atoms with van der Waals surface area (Å²) in [5, 5.41) is 10.6. The summed E-state index contributed by atoms with van der Waals surface area (Å²) in [6.07, 6.45) is 0.251. The molecule has 0 aromatic heterocycles. The highest BCUT2D eigenvalue weighted by Gasteiger charge is 2.26. The number of carbonyl (C=O) groups is 2. The Hall–Kier alpha value is -3.91. The highest BCUT2D eigenvalue weighted by atomic mass is 35.5. The summed E-state index contributed by atoms with van der Waals surface area (Å²) in [7, 11) is 0. The van der Waals surface area contributed by atoms with Gasteiger partial charge in [-0.25, -0.2) is 4.79 Å². The van der Waals surface area contributed by atoms with Gasteiger partial charge in [0.1, 0.15) is 12.4 Å². The zero-order valence-electron chi connectivity index (χ0n) is 22.8. The average Bonchev–Trinajstić information content (AvgIpc) is 2.98. The smallest absolute Gasteiger partial charge is 0.437 e. The van der Waals surface area contributed by atoms with E-state index in [9.17, 15) is 14.8 Å². The molecule has 0 radical (unpaired) electrons. The number of hydroxylamine groups is 2. The molecule has 214 valence electrons. The van der Waals surface area contributed by atoms with Crippen molar-refractivity contribution in [3.8, 4) is 17.6 Å². The third-order valence-corrected chi connectivity index (χ3v) is 7.20. The van der Waals surface area contributed by atoms with Gasteiger partial charge in [-0.2, -0.15) is 5.06 Å². The number of nitrogens with zero attached hydrogens (tertiary/aromatic N) is 3. The Kier molecular flexibility index (Phi) is 10.7. The number of piperazine rings is 1. The summed E-state index contributed by atoms with van der Waals surface area (Å²) < 4.78 is 5.96. The summed E-state index contributed by atoms with van der Waals surface area (Å²) in [6, 6.07) is 23.1. The maximum absolute atomic E-state index is 12.1. The van der Waals surface area contributed by atoms with E-state index in [1.165, 1.54) is 11.1 Å². The standard InChI is InChI=1S/C31H34ClN5O4/c32-26-12-10-25(11-13-26)29(24-7-2-1-3-8-24)36-18-16-35(17-19-36)20-21-41-28-14-9-23(22-27(28)30(33)38)6-4-5-15-37(40)31(34)39/h1-3,7-14,22,29,40H,5,15-21H2,(H2,33,38)(H2,34,39)/p+1. The fraction of sp³-hybridized carbons (Fsp3) is 0.290. The lowest BCUT2D eigenvalue weighted by atomic mass is 9.96. The van der Waals surface area contributed by atoms with E-state index >= 15 is 0 Å². The van der Waals surface area contributed by atoms with E-state index in [2.05, 4.69) is 63.8 Å². The Morgan fingerprint density at radius 2 is 1.71 bits per heavy atom. The minimum absolute atomic E-state index is 0.0432. The lowest BCUT2D eigenvalue weighted by molar-refractivity contribution is -0.293. The van der Waals surface area contributed by atoms with Crippen LogP contribution in [-0.2, 0) is 0 Å². The molecular weight excluding hydrogens is 542 g/mol. The molecule has 1 atom stereocenters. The predicted octanol–water partition coefficient (Wildman–Crippen LogP) is 3.02. The molecule has 6 N–H and O–H groups in total. The fourth-order valence-corrected chi connectivity index (χ4v) is 4.93. The van der Waals surface area contributed by atoms with E-state index in [4.69, 9.17) is 22.1 Å². The van der Waals surface area contributed by atoms with Crippen molar-refractivity contribution >= 4 is 23.5 Å². The molecule has 1 heterocycles. The van der Waals surface area contributed by atoms with Crippen LogP contribution in [0.5, 0.6) is 5.75 Å². The van der Waals surface area contributed by atoms with Gasteiger partial charge in [0.05, 0.1) is 18.2 Å². The second kappa shape index (κ2) is 14.6. The first-order chi connectivity index (χ1) is 19.8. The van der Waals surface area contributed by atoms with Crippen LogP contribution in [0.3, 0.4) is 0 Å². The SMILES string of the molecule is NC(=O)c1cc(C#CCCN(O)C([NH3+])=O)ccc1OCCN1CCN(C(c2ccccc2)c2ccc(Cl)cc2)CC1. The van der Waals surface area contributed by atoms with Crippen LogP contribution in [0.25, 0.3) is 0 Å². The van der Waals surface area contributed by atoms with Gasteiger partial charge in [0.25, 0.3) is 5.91 Å². The van der Waals surface area contributed by atoms with Crippen LogP contribution in [-0.4, -0.2) is 77.9 Å². The molecule has 3 amide bonds. The van der Waals surface area contributed by atoms with E-state index in [0.717, 1.165) is 31.2 Å². The van der Waals surface area contributed by atoms with E-state index in [0.29, 0.717) is 29.5 Å². The van der Waals surface area contributed by atoms with Gasteiger partial charge in [-0.1, -0.05) is 65.9 Å². The van der Waals surface area contributed by atoms with Crippen LogP contribution in [0.15, 0.2) is 72.8 Å². The van der Waals surface area contributed by atoms with Crippen molar-refractivity contribution in [2.45, 2.75) is 12.5 Å². The normalized spacial score (nSPS) is 14.5. The van der Waals surface area contributed by atoms with Crippen molar-refractivity contribution in [3.63, 3.8) is 0 Å². The number of quaternary nitrogens is 1. The molecule has 1 aliphatic heterocycles. The number of nitrogens with two attached hydrogens (primary N) is 1. The Morgan fingerprint density at radius 1 is 1.02 bits per heavy atom. The van der Waals surface area contributed by atoms with E-state index < -0.39 is 11.9 Å². The third kappa shape index (κ3) is 8.54. The van der Waals surface area contributed by atoms with Crippen molar-refractivity contribution in [3.05, 3.63) is 100 Å². The number of urea groups is 1. The second-order valence-corrected chi connectivity index (χ2v) is 10.2. The van der Waals surface area contributed by atoms with Crippen molar-refractivity contribution in [2.24, 2.45) is 5.73 Å². The van der Waals surface area contributed by atoms with E-state index in [1.807, 2.05) is 18.2 Å². The molecule has 41 heavy (non-hydrogen) atoms. The number of primary amides is 1. The van der Waals surface area contributed by atoms with E-state index in [-0.39, 0.29) is 24.6 Å². The van der Waals surface area contributed by atoms with Crippen LogP contribution >= 0.6 is 11.6 Å². The molecule has 1 unspecified atom stereocenters. The van der Waals surface area contributed by atoms with Crippen LogP contribution in [0.4, 0.5) is 4.79 Å². The monoisotopic (exact) mass is 576 g/mol. The molecule has 1 saturated heterocycles. The highest BCUT2D eigenvalue weighted by Crippen LogP contribution is 2.30. The zero-order chi connectivity index (χ0) is 29.2. The Labute approximate surface area is 245 Å². The summed E-state index contributed by atoms with van der Waals surface area (Å²) >= 11 is 6.15. The number of carbonyl (C=O) groups excluding carboxylic acids is 2. The molecule has 0 saturated carbocycles. The molecule has 0 spiro atoms. The first kappa shape index (κ1) is 30.1. The lowest BCUT2D eigenvalue weighted by Gasteiger charge is -2.39. The summed E-state index contributed by atoms with van der Waals surface area (Å²) in [6.45, 7) is 4.76. The third-order valence-electron chi connectivity index (χ3n) is 6.95. The molecule has 3 aromatic rings. The number of amides is 3. The number of ether oxygens (including phenoxy) is 1. The first-order valence-corrected chi connectivity index (χ1v) is 13.8. The maximum atomic E-state index is 12.1. The molecule has 10 heteroatoms. The highest BCUT2D eigenvalue weighted by molar-refractivity contribution is 6.30. The fourth-order valence-electron chi connectivity index (χ4n) is 4.80. The second-order valence-electron chi connectivity index (χ2n) is 9.73. The predicted molar refractivity (Wildman–Crippen MR) is 156 cm³/mol. The Balaban J connectivity index is 1.31. The lowest BCUT2D eigenvalue weighted by Crippen LogP contribution is -2.63. The van der Waals surface area contributed by atoms with E-state index in [1.54, 1.807) is 18.2 Å². The number of halogens is 1. The van der Waals surface area contributed by atoms with Crippen molar-refractivity contribution in [1.29, 1.82) is 0 Å². The molecule has 9 nitrogen and oxygen atoms in total. The van der Waals surface area contributed by atoms with Crippen LogP contribution in [0.2, 0.25) is 5.02 Å². The first-order valence-electron chi connectivity index (χ1n) is 13.5.